The van der Waals surface area contributed by atoms with Gasteiger partial charge in [0.2, 0.25) is 0 Å². The fraction of sp³-hybridized carbons (Fsp3) is 0.217. The quantitative estimate of drug-likeness (QED) is 0.631. The molecule has 7 heteroatoms. The molecule has 152 valence electrons. The lowest BCUT2D eigenvalue weighted by atomic mass is 10.0. The van der Waals surface area contributed by atoms with Crippen LogP contribution >= 0.6 is 11.8 Å². The van der Waals surface area contributed by atoms with Gasteiger partial charge in [0.25, 0.3) is 11.8 Å². The first-order valence-corrected chi connectivity index (χ1v) is 10.7. The minimum absolute atomic E-state index is 0.104. The van der Waals surface area contributed by atoms with Gasteiger partial charge in [-0.15, -0.1) is 11.8 Å². The van der Waals surface area contributed by atoms with Crippen molar-refractivity contribution in [3.8, 4) is 0 Å². The normalized spacial score (nSPS) is 20.3. The van der Waals surface area contributed by atoms with Crippen LogP contribution in [0.5, 0.6) is 0 Å². The molecule has 1 aromatic heterocycles. The fourth-order valence-corrected chi connectivity index (χ4v) is 5.67. The van der Waals surface area contributed by atoms with Crippen LogP contribution in [0.3, 0.4) is 0 Å². The Morgan fingerprint density at radius 2 is 2.03 bits per heavy atom. The van der Waals surface area contributed by atoms with E-state index in [9.17, 15) is 14.0 Å². The summed E-state index contributed by atoms with van der Waals surface area (Å²) < 4.78 is 19.7. The van der Waals surface area contributed by atoms with Crippen LogP contribution in [0.2, 0.25) is 0 Å². The van der Waals surface area contributed by atoms with E-state index in [1.807, 2.05) is 25.1 Å². The molecule has 1 spiro atoms. The van der Waals surface area contributed by atoms with Gasteiger partial charge in [0.15, 0.2) is 10.6 Å². The lowest BCUT2D eigenvalue weighted by Crippen LogP contribution is -2.50. The molecular formula is C23H19FN2O3S. The van der Waals surface area contributed by atoms with Gasteiger partial charge >= 0.3 is 0 Å². The molecule has 1 saturated heterocycles. The second kappa shape index (κ2) is 7.02. The summed E-state index contributed by atoms with van der Waals surface area (Å²) in [5, 5.41) is 0. The molecule has 3 aromatic rings. The Morgan fingerprint density at radius 3 is 2.80 bits per heavy atom. The van der Waals surface area contributed by atoms with E-state index in [1.165, 1.54) is 24.1 Å². The Labute approximate surface area is 177 Å². The average Bonchev–Trinajstić information content (AvgIpc) is 3.47. The highest BCUT2D eigenvalue weighted by atomic mass is 32.2. The van der Waals surface area contributed by atoms with Crippen molar-refractivity contribution in [1.29, 1.82) is 0 Å². The Bertz CT molecular complexity index is 1150. The van der Waals surface area contributed by atoms with Crippen molar-refractivity contribution in [2.75, 3.05) is 17.2 Å². The summed E-state index contributed by atoms with van der Waals surface area (Å²) in [5.41, 5.74) is 2.90. The first-order chi connectivity index (χ1) is 14.5. The first kappa shape index (κ1) is 18.9. The van der Waals surface area contributed by atoms with Crippen LogP contribution < -0.4 is 4.90 Å². The van der Waals surface area contributed by atoms with Gasteiger partial charge in [0, 0.05) is 23.4 Å². The third-order valence-electron chi connectivity index (χ3n) is 5.61. The number of halogens is 1. The van der Waals surface area contributed by atoms with Crippen molar-refractivity contribution in [3.05, 3.63) is 89.1 Å². The third-order valence-corrected chi connectivity index (χ3v) is 7.03. The summed E-state index contributed by atoms with van der Waals surface area (Å²) in [6.45, 7) is 2.49. The Hall–Kier alpha value is -3.06. The largest absolute Gasteiger partial charge is 0.459 e. The van der Waals surface area contributed by atoms with Crippen LogP contribution in [-0.4, -0.2) is 29.0 Å². The Balaban J connectivity index is 1.62. The number of carbonyl (C=O) groups is 2. The van der Waals surface area contributed by atoms with Crippen molar-refractivity contribution in [3.63, 3.8) is 0 Å². The van der Waals surface area contributed by atoms with E-state index >= 15 is 0 Å². The predicted molar refractivity (Wildman–Crippen MR) is 113 cm³/mol. The van der Waals surface area contributed by atoms with Gasteiger partial charge in [0.1, 0.15) is 5.82 Å². The van der Waals surface area contributed by atoms with Gasteiger partial charge in [-0.05, 0) is 31.2 Å². The lowest BCUT2D eigenvalue weighted by molar-refractivity contribution is -0.123. The van der Waals surface area contributed by atoms with Crippen LogP contribution in [0.1, 0.15) is 27.2 Å². The number of rotatable bonds is 3. The van der Waals surface area contributed by atoms with Crippen molar-refractivity contribution in [2.24, 2.45) is 0 Å². The molecule has 2 aliphatic rings. The van der Waals surface area contributed by atoms with Crippen molar-refractivity contribution in [1.82, 2.24) is 4.90 Å². The number of anilines is 1. The SMILES string of the molecule is Cc1ccc2c(c1)[C@@]1(SCCN1C(=O)c1ccco1)C(=O)N2Cc1ccccc1F. The summed E-state index contributed by atoms with van der Waals surface area (Å²) in [5.74, 6) is -0.0831. The third kappa shape index (κ3) is 2.69. The number of nitrogens with zero attached hydrogens (tertiary/aromatic N) is 2. The van der Waals surface area contributed by atoms with Gasteiger partial charge < -0.3 is 14.2 Å². The van der Waals surface area contributed by atoms with Crippen LogP contribution in [-0.2, 0) is 16.2 Å². The Morgan fingerprint density at radius 1 is 1.20 bits per heavy atom. The molecular weight excluding hydrogens is 403 g/mol. The summed E-state index contributed by atoms with van der Waals surface area (Å²) in [6.07, 6.45) is 1.45. The van der Waals surface area contributed by atoms with E-state index in [4.69, 9.17) is 4.42 Å². The lowest BCUT2D eigenvalue weighted by Gasteiger charge is -2.32. The van der Waals surface area contributed by atoms with E-state index in [0.717, 1.165) is 11.1 Å². The zero-order valence-corrected chi connectivity index (χ0v) is 17.1. The summed E-state index contributed by atoms with van der Waals surface area (Å²) in [4.78, 5) is 29.1. The average molecular weight is 422 g/mol. The maximum Gasteiger partial charge on any atom is 0.291 e. The molecule has 2 aliphatic heterocycles. The van der Waals surface area contributed by atoms with E-state index < -0.39 is 4.87 Å². The molecule has 2 amide bonds. The molecule has 0 radical (unpaired) electrons. The predicted octanol–water partition coefficient (Wildman–Crippen LogP) is 4.32. The number of fused-ring (bicyclic) bond motifs is 2. The monoisotopic (exact) mass is 422 g/mol. The molecule has 0 bridgehead atoms. The topological polar surface area (TPSA) is 53.8 Å². The van der Waals surface area contributed by atoms with E-state index in [2.05, 4.69) is 0 Å². The number of thioether (sulfide) groups is 1. The second-order valence-electron chi connectivity index (χ2n) is 7.43. The summed E-state index contributed by atoms with van der Waals surface area (Å²) in [7, 11) is 0. The van der Waals surface area contributed by atoms with Crippen molar-refractivity contribution in [2.45, 2.75) is 18.3 Å². The molecule has 0 N–H and O–H groups in total. The molecule has 1 atom stereocenters. The second-order valence-corrected chi connectivity index (χ2v) is 8.72. The van der Waals surface area contributed by atoms with E-state index in [0.29, 0.717) is 23.5 Å². The molecule has 3 heterocycles. The van der Waals surface area contributed by atoms with Gasteiger partial charge in [-0.1, -0.05) is 35.9 Å². The number of benzene rings is 2. The highest BCUT2D eigenvalue weighted by Crippen LogP contribution is 2.55. The number of amides is 2. The van der Waals surface area contributed by atoms with Crippen molar-refractivity contribution >= 4 is 29.3 Å². The number of furan rings is 1. The summed E-state index contributed by atoms with van der Waals surface area (Å²) in [6, 6.07) is 15.5. The molecule has 0 unspecified atom stereocenters. The number of hydrogen-bond donors (Lipinski definition) is 0. The highest BCUT2D eigenvalue weighted by molar-refractivity contribution is 8.01. The fourth-order valence-electron chi connectivity index (χ4n) is 4.22. The zero-order valence-electron chi connectivity index (χ0n) is 16.3. The maximum atomic E-state index is 14.3. The summed E-state index contributed by atoms with van der Waals surface area (Å²) >= 11 is 1.44. The molecule has 5 nitrogen and oxygen atoms in total. The maximum absolute atomic E-state index is 14.3. The molecule has 0 aliphatic carbocycles. The molecule has 1 fully saturated rings. The number of hydrogen-bond acceptors (Lipinski definition) is 4. The number of carbonyl (C=O) groups excluding carboxylic acids is 2. The minimum Gasteiger partial charge on any atom is -0.459 e. The molecule has 0 saturated carbocycles. The number of aryl methyl sites for hydroxylation is 1. The Kier molecular flexibility index (Phi) is 4.43. The van der Waals surface area contributed by atoms with E-state index in [-0.39, 0.29) is 29.9 Å². The van der Waals surface area contributed by atoms with E-state index in [1.54, 1.807) is 40.1 Å². The van der Waals surface area contributed by atoms with Crippen molar-refractivity contribution < 1.29 is 18.4 Å². The van der Waals surface area contributed by atoms with Gasteiger partial charge in [-0.2, -0.15) is 0 Å². The van der Waals surface area contributed by atoms with Gasteiger partial charge in [-0.3, -0.25) is 9.59 Å². The van der Waals surface area contributed by atoms with Crippen LogP contribution in [0.25, 0.3) is 0 Å². The van der Waals surface area contributed by atoms with Crippen LogP contribution in [0.4, 0.5) is 10.1 Å². The molecule has 2 aromatic carbocycles. The smallest absolute Gasteiger partial charge is 0.291 e. The first-order valence-electron chi connectivity index (χ1n) is 9.68. The zero-order chi connectivity index (χ0) is 20.9. The van der Waals surface area contributed by atoms with Gasteiger partial charge in [0.05, 0.1) is 18.5 Å². The standard InChI is InChI=1S/C23H19FN2O3S/c1-15-8-9-19-17(13-15)23(22(28)25(19)14-16-5-2-3-6-18(16)24)26(10-12-30-23)21(27)20-7-4-11-29-20/h2-9,11,13H,10,12,14H2,1H3/t23-/m1/s1. The van der Waals surface area contributed by atoms with Gasteiger partial charge in [-0.25, -0.2) is 4.39 Å². The minimum atomic E-state index is -1.17. The molecule has 5 rings (SSSR count). The molecule has 30 heavy (non-hydrogen) atoms. The highest BCUT2D eigenvalue weighted by Gasteiger charge is 2.59. The van der Waals surface area contributed by atoms with Crippen LogP contribution in [0, 0.1) is 12.7 Å². The van der Waals surface area contributed by atoms with Crippen LogP contribution in [0.15, 0.2) is 65.3 Å².